The summed E-state index contributed by atoms with van der Waals surface area (Å²) in [6.07, 6.45) is 11.4. The van der Waals surface area contributed by atoms with Crippen molar-refractivity contribution in [1.82, 2.24) is 4.72 Å². The molecule has 3 fully saturated rings. The quantitative estimate of drug-likeness (QED) is 0.183. The number of halogens is 1. The summed E-state index contributed by atoms with van der Waals surface area (Å²) in [4.78, 5) is 25.9. The van der Waals surface area contributed by atoms with Crippen molar-refractivity contribution in [3.63, 3.8) is 0 Å². The van der Waals surface area contributed by atoms with E-state index in [4.69, 9.17) is 16.3 Å². The Bertz CT molecular complexity index is 1070. The topological polar surface area (TPSA) is 110 Å². The molecule has 3 aliphatic rings. The number of nitrogens with one attached hydrogen (secondary N) is 1. The maximum atomic E-state index is 13.2. The summed E-state index contributed by atoms with van der Waals surface area (Å²) in [5.41, 5.74) is -0.414. The van der Waals surface area contributed by atoms with E-state index in [0.29, 0.717) is 29.7 Å². The zero-order valence-electron chi connectivity index (χ0n) is 20.6. The van der Waals surface area contributed by atoms with Crippen molar-refractivity contribution in [2.75, 3.05) is 0 Å². The monoisotopic (exact) mass is 537 g/mol. The number of rotatable bonds is 9. The Hall–Kier alpha value is -1.90. The lowest BCUT2D eigenvalue weighted by atomic mass is 9.84. The Morgan fingerprint density at radius 3 is 2.17 bits per heavy atom. The van der Waals surface area contributed by atoms with Crippen LogP contribution in [0.4, 0.5) is 0 Å². The summed E-state index contributed by atoms with van der Waals surface area (Å²) in [7, 11) is -4.04. The number of ether oxygens (including phenoxy) is 1. The second-order valence-electron chi connectivity index (χ2n) is 10.5. The fourth-order valence-electron chi connectivity index (χ4n) is 5.79. The number of aliphatic hydroxyl groups excluding tert-OH is 1. The van der Waals surface area contributed by atoms with Crippen LogP contribution in [0.3, 0.4) is 0 Å². The van der Waals surface area contributed by atoms with Crippen LogP contribution in [0.15, 0.2) is 40.5 Å². The third kappa shape index (κ3) is 6.69. The first kappa shape index (κ1) is 27.1. The molecule has 0 aromatic heterocycles. The van der Waals surface area contributed by atoms with E-state index in [9.17, 15) is 23.1 Å². The van der Waals surface area contributed by atoms with Crippen LogP contribution in [0.5, 0.6) is 0 Å². The Labute approximate surface area is 218 Å². The molecule has 2 saturated carbocycles. The average molecular weight is 538 g/mol. The average Bonchev–Trinajstić information content (AvgIpc) is 3.15. The van der Waals surface area contributed by atoms with Crippen LogP contribution in [0.1, 0.15) is 83.5 Å². The lowest BCUT2D eigenvalue weighted by Gasteiger charge is -2.25. The van der Waals surface area contributed by atoms with Gasteiger partial charge in [-0.2, -0.15) is 0 Å². The van der Waals surface area contributed by atoms with E-state index in [1.165, 1.54) is 37.1 Å². The number of hydrogen-bond acceptors (Lipinski definition) is 6. The van der Waals surface area contributed by atoms with E-state index >= 15 is 0 Å². The number of hydrogen-bond donors (Lipinski definition) is 2. The van der Waals surface area contributed by atoms with Gasteiger partial charge in [0.15, 0.2) is 6.10 Å². The van der Waals surface area contributed by atoms with Gasteiger partial charge in [0.1, 0.15) is 11.3 Å². The van der Waals surface area contributed by atoms with Crippen molar-refractivity contribution in [2.24, 2.45) is 11.8 Å². The van der Waals surface area contributed by atoms with Gasteiger partial charge in [-0.15, -0.1) is 0 Å². The van der Waals surface area contributed by atoms with E-state index in [1.807, 2.05) is 0 Å². The van der Waals surface area contributed by atoms with Crippen LogP contribution in [-0.4, -0.2) is 37.4 Å². The maximum Gasteiger partial charge on any atom is 0.346 e. The molecule has 1 aromatic carbocycles. The van der Waals surface area contributed by atoms with E-state index < -0.39 is 45.3 Å². The number of Topliss-reactive ketones (excluding diaryl/α,β-unsaturated/α-hetero) is 1. The number of esters is 1. The van der Waals surface area contributed by atoms with Crippen molar-refractivity contribution >= 4 is 33.4 Å². The van der Waals surface area contributed by atoms with Gasteiger partial charge in [0, 0.05) is 5.02 Å². The molecule has 9 heteroatoms. The Morgan fingerprint density at radius 2 is 1.56 bits per heavy atom. The highest BCUT2D eigenvalue weighted by Gasteiger charge is 2.43. The molecule has 0 spiro atoms. The van der Waals surface area contributed by atoms with Crippen molar-refractivity contribution in [3.8, 4) is 0 Å². The number of cyclic esters (lactones) is 1. The molecule has 1 aliphatic heterocycles. The normalized spacial score (nSPS) is 24.5. The molecular weight excluding hydrogens is 502 g/mol. The van der Waals surface area contributed by atoms with E-state index in [0.717, 1.165) is 51.4 Å². The summed E-state index contributed by atoms with van der Waals surface area (Å²) in [5, 5.41) is 11.6. The molecular formula is C27H36ClNO6S. The van der Waals surface area contributed by atoms with Crippen LogP contribution in [0.2, 0.25) is 5.02 Å². The second kappa shape index (κ2) is 12.1. The van der Waals surface area contributed by atoms with Gasteiger partial charge in [0.05, 0.1) is 10.9 Å². The first-order valence-corrected chi connectivity index (χ1v) is 15.1. The molecule has 198 valence electrons. The van der Waals surface area contributed by atoms with Gasteiger partial charge in [-0.1, -0.05) is 75.8 Å². The zero-order chi connectivity index (χ0) is 25.7. The van der Waals surface area contributed by atoms with E-state index in [-0.39, 0.29) is 11.3 Å². The lowest BCUT2D eigenvalue weighted by molar-refractivity contribution is -0.141. The van der Waals surface area contributed by atoms with Crippen LogP contribution in [0.25, 0.3) is 0 Å². The molecule has 2 atom stereocenters. The van der Waals surface area contributed by atoms with Gasteiger partial charge in [-0.05, 0) is 55.4 Å². The number of benzene rings is 1. The number of carbonyl (C=O) groups is 2. The summed E-state index contributed by atoms with van der Waals surface area (Å²) in [6, 6.07) is 4.59. The third-order valence-electron chi connectivity index (χ3n) is 7.86. The van der Waals surface area contributed by atoms with E-state index in [2.05, 4.69) is 4.72 Å². The minimum atomic E-state index is -4.04. The molecule has 0 radical (unpaired) electrons. The van der Waals surface area contributed by atoms with Crippen LogP contribution < -0.4 is 4.72 Å². The van der Waals surface area contributed by atoms with Gasteiger partial charge < -0.3 is 9.84 Å². The molecule has 2 N–H and O–H groups in total. The Kier molecular flexibility index (Phi) is 9.12. The van der Waals surface area contributed by atoms with Gasteiger partial charge in [-0.25, -0.2) is 17.9 Å². The predicted molar refractivity (Wildman–Crippen MR) is 137 cm³/mol. The fraction of sp³-hybridized carbons (Fsp3) is 0.630. The molecule has 2 aliphatic carbocycles. The van der Waals surface area contributed by atoms with Crippen LogP contribution in [-0.2, 0) is 24.3 Å². The van der Waals surface area contributed by atoms with Crippen molar-refractivity contribution in [1.29, 1.82) is 0 Å². The molecule has 0 amide bonds. The van der Waals surface area contributed by atoms with Gasteiger partial charge in [0.25, 0.3) is 0 Å². The number of aliphatic hydroxyl groups is 1. The lowest BCUT2D eigenvalue weighted by Crippen LogP contribution is -2.38. The van der Waals surface area contributed by atoms with Gasteiger partial charge in [-0.3, -0.25) is 4.79 Å². The van der Waals surface area contributed by atoms with Gasteiger partial charge in [0.2, 0.25) is 15.8 Å². The molecule has 7 nitrogen and oxygen atoms in total. The molecule has 36 heavy (non-hydrogen) atoms. The summed E-state index contributed by atoms with van der Waals surface area (Å²) in [5.74, 6) is -1.22. The summed E-state index contributed by atoms with van der Waals surface area (Å²) < 4.78 is 34.2. The molecule has 2 unspecified atom stereocenters. The minimum Gasteiger partial charge on any atom is -0.510 e. The predicted octanol–water partition coefficient (Wildman–Crippen LogP) is 5.62. The molecule has 1 heterocycles. The Balaban J connectivity index is 1.56. The third-order valence-corrected chi connectivity index (χ3v) is 9.60. The molecule has 1 saturated heterocycles. The van der Waals surface area contributed by atoms with Crippen LogP contribution in [0, 0.1) is 11.8 Å². The number of carbonyl (C=O) groups excluding carboxylic acids is 2. The van der Waals surface area contributed by atoms with Gasteiger partial charge >= 0.3 is 5.97 Å². The fourth-order valence-corrected chi connectivity index (χ4v) is 7.15. The highest BCUT2D eigenvalue weighted by atomic mass is 35.5. The Morgan fingerprint density at radius 1 is 0.972 bits per heavy atom. The summed E-state index contributed by atoms with van der Waals surface area (Å²) in [6.45, 7) is 0. The summed E-state index contributed by atoms with van der Waals surface area (Å²) >= 11 is 5.90. The van der Waals surface area contributed by atoms with E-state index in [1.54, 1.807) is 0 Å². The van der Waals surface area contributed by atoms with Crippen LogP contribution >= 0.6 is 11.6 Å². The molecule has 1 aromatic rings. The van der Waals surface area contributed by atoms with Crippen molar-refractivity contribution in [2.45, 2.75) is 101 Å². The largest absolute Gasteiger partial charge is 0.510 e. The first-order chi connectivity index (χ1) is 17.2. The molecule has 4 rings (SSSR count). The van der Waals surface area contributed by atoms with Crippen molar-refractivity contribution < 1.29 is 27.9 Å². The highest BCUT2D eigenvalue weighted by Crippen LogP contribution is 2.33. The highest BCUT2D eigenvalue weighted by molar-refractivity contribution is 7.89. The molecule has 0 bridgehead atoms. The van der Waals surface area contributed by atoms with Crippen molar-refractivity contribution in [3.05, 3.63) is 40.6 Å². The number of ketones is 1. The zero-order valence-corrected chi connectivity index (χ0v) is 22.2. The second-order valence-corrected chi connectivity index (χ2v) is 12.6. The minimum absolute atomic E-state index is 0.0112. The SMILES string of the molecule is O=C1OC(CC2CCCCC2)C(=O)/C1=C(\O)C(CCC1CCCCC1)NS(=O)(=O)c1ccc(Cl)cc1. The maximum absolute atomic E-state index is 13.2. The smallest absolute Gasteiger partial charge is 0.346 e. The first-order valence-electron chi connectivity index (χ1n) is 13.2. The number of sulfonamides is 1. The standard InChI is InChI=1S/C27H36ClNO6S/c28-20-12-14-21(15-13-20)36(33,34)29-22(16-11-18-7-3-1-4-8-18)25(30)24-26(31)23(35-27(24)32)17-19-9-5-2-6-10-19/h12-15,18-19,22-23,29-30H,1-11,16-17H2/b25-24+.